The summed E-state index contributed by atoms with van der Waals surface area (Å²) in [6, 6.07) is 5.69. The Morgan fingerprint density at radius 1 is 1.20 bits per heavy atom. The van der Waals surface area contributed by atoms with Gasteiger partial charge in [0.05, 0.1) is 25.4 Å². The van der Waals surface area contributed by atoms with Crippen LogP contribution in [0.2, 0.25) is 0 Å². The summed E-state index contributed by atoms with van der Waals surface area (Å²) in [6.07, 6.45) is 3.78. The Morgan fingerprint density at radius 2 is 1.80 bits per heavy atom. The van der Waals surface area contributed by atoms with Crippen molar-refractivity contribution in [1.82, 2.24) is 0 Å². The van der Waals surface area contributed by atoms with Crippen molar-refractivity contribution in [1.29, 1.82) is 0 Å². The smallest absolute Gasteiger partial charge is 0.128 e. The van der Waals surface area contributed by atoms with Gasteiger partial charge in [-0.3, -0.25) is 0 Å². The Morgan fingerprint density at radius 3 is 2.30 bits per heavy atom. The second kappa shape index (κ2) is 6.04. The average Bonchev–Trinajstić information content (AvgIpc) is 2.46. The highest BCUT2D eigenvalue weighted by atomic mass is 16.5. The normalized spacial score (nSPS) is 26.6. The van der Waals surface area contributed by atoms with Crippen LogP contribution < -0.4 is 9.47 Å². The summed E-state index contributed by atoms with van der Waals surface area (Å²) in [5.41, 5.74) is -0.0270. The van der Waals surface area contributed by atoms with Crippen LogP contribution >= 0.6 is 0 Å². The maximum absolute atomic E-state index is 11.2. The molecule has 0 aromatic heterocycles. The molecule has 3 heteroatoms. The van der Waals surface area contributed by atoms with Crippen molar-refractivity contribution in [2.45, 2.75) is 45.1 Å². The Labute approximate surface area is 121 Å². The Hall–Kier alpha value is -1.22. The van der Waals surface area contributed by atoms with Crippen molar-refractivity contribution in [3.05, 3.63) is 23.8 Å². The van der Waals surface area contributed by atoms with E-state index in [0.717, 1.165) is 36.3 Å². The number of methoxy groups -OCH3 is 2. The molecule has 0 radical (unpaired) electrons. The first-order valence-corrected chi connectivity index (χ1v) is 7.45. The summed E-state index contributed by atoms with van der Waals surface area (Å²) in [7, 11) is 3.29. The van der Waals surface area contributed by atoms with Crippen LogP contribution in [0, 0.1) is 11.8 Å². The van der Waals surface area contributed by atoms with E-state index in [0.29, 0.717) is 11.8 Å². The summed E-state index contributed by atoms with van der Waals surface area (Å²) in [5.74, 6) is 2.57. The Bertz CT molecular complexity index is 433. The number of hydrogen-bond acceptors (Lipinski definition) is 3. The first-order valence-electron chi connectivity index (χ1n) is 7.45. The average molecular weight is 278 g/mol. The number of rotatable bonds is 4. The summed E-state index contributed by atoms with van der Waals surface area (Å²) in [6.45, 7) is 4.46. The molecular weight excluding hydrogens is 252 g/mol. The van der Waals surface area contributed by atoms with Crippen LogP contribution in [-0.2, 0) is 5.60 Å². The van der Waals surface area contributed by atoms with E-state index in [1.807, 2.05) is 18.2 Å². The second-order valence-electron chi connectivity index (χ2n) is 6.17. The standard InChI is InChI=1S/C17H26O3/c1-12(2)13-7-6-10-17(18,11-13)16-14(19-3)8-5-9-15(16)20-4/h5,8-9,12-13,18H,6-7,10-11H2,1-4H3. The highest BCUT2D eigenvalue weighted by Gasteiger charge is 2.40. The molecule has 1 fully saturated rings. The number of aliphatic hydroxyl groups is 1. The molecule has 0 heterocycles. The van der Waals surface area contributed by atoms with Crippen LogP contribution in [0.3, 0.4) is 0 Å². The van der Waals surface area contributed by atoms with Crippen LogP contribution in [0.4, 0.5) is 0 Å². The summed E-state index contributed by atoms with van der Waals surface area (Å²) in [4.78, 5) is 0. The van der Waals surface area contributed by atoms with Gasteiger partial charge >= 0.3 is 0 Å². The lowest BCUT2D eigenvalue weighted by atomic mass is 9.70. The van der Waals surface area contributed by atoms with Gasteiger partial charge in [-0.25, -0.2) is 0 Å². The lowest BCUT2D eigenvalue weighted by Crippen LogP contribution is -2.35. The zero-order valence-electron chi connectivity index (χ0n) is 13.0. The zero-order valence-corrected chi connectivity index (χ0v) is 13.0. The molecule has 0 saturated heterocycles. The van der Waals surface area contributed by atoms with E-state index < -0.39 is 5.60 Å². The molecule has 0 bridgehead atoms. The first-order chi connectivity index (χ1) is 9.51. The highest BCUT2D eigenvalue weighted by molar-refractivity contribution is 5.48. The van der Waals surface area contributed by atoms with Gasteiger partial charge in [0.2, 0.25) is 0 Å². The third-order valence-corrected chi connectivity index (χ3v) is 4.60. The first kappa shape index (κ1) is 15.2. The zero-order chi connectivity index (χ0) is 14.8. The SMILES string of the molecule is COc1cccc(OC)c1C1(O)CCCC(C(C)C)C1. The molecule has 0 amide bonds. The Balaban J connectivity index is 2.42. The van der Waals surface area contributed by atoms with Gasteiger partial charge in [0.15, 0.2) is 0 Å². The van der Waals surface area contributed by atoms with E-state index in [1.165, 1.54) is 6.42 Å². The molecule has 1 aromatic carbocycles. The van der Waals surface area contributed by atoms with Crippen molar-refractivity contribution >= 4 is 0 Å². The molecule has 0 spiro atoms. The fourth-order valence-corrected chi connectivity index (χ4v) is 3.40. The van der Waals surface area contributed by atoms with Crippen molar-refractivity contribution in [2.24, 2.45) is 11.8 Å². The van der Waals surface area contributed by atoms with Crippen molar-refractivity contribution in [2.75, 3.05) is 14.2 Å². The maximum Gasteiger partial charge on any atom is 0.128 e. The number of benzene rings is 1. The van der Waals surface area contributed by atoms with Crippen molar-refractivity contribution < 1.29 is 14.6 Å². The number of hydrogen-bond donors (Lipinski definition) is 1. The third kappa shape index (κ3) is 2.78. The van der Waals surface area contributed by atoms with Crippen LogP contribution in [0.5, 0.6) is 11.5 Å². The summed E-state index contributed by atoms with van der Waals surface area (Å²) >= 11 is 0. The van der Waals surface area contributed by atoms with Crippen LogP contribution in [0.15, 0.2) is 18.2 Å². The van der Waals surface area contributed by atoms with Crippen LogP contribution in [0.1, 0.15) is 45.1 Å². The molecule has 2 atom stereocenters. The predicted octanol–water partition coefficient (Wildman–Crippen LogP) is 3.74. The molecule has 1 saturated carbocycles. The predicted molar refractivity (Wildman–Crippen MR) is 80.2 cm³/mol. The Kier molecular flexibility index (Phi) is 4.59. The molecule has 1 N–H and O–H groups in total. The molecule has 2 unspecified atom stereocenters. The minimum atomic E-state index is -0.842. The maximum atomic E-state index is 11.2. The quantitative estimate of drug-likeness (QED) is 0.912. The van der Waals surface area contributed by atoms with Gasteiger partial charge in [0.1, 0.15) is 11.5 Å². The topological polar surface area (TPSA) is 38.7 Å². The van der Waals surface area contributed by atoms with Crippen LogP contribution in [0.25, 0.3) is 0 Å². The monoisotopic (exact) mass is 278 g/mol. The van der Waals surface area contributed by atoms with E-state index in [4.69, 9.17) is 9.47 Å². The van der Waals surface area contributed by atoms with E-state index in [1.54, 1.807) is 14.2 Å². The van der Waals surface area contributed by atoms with E-state index in [-0.39, 0.29) is 0 Å². The fourth-order valence-electron chi connectivity index (χ4n) is 3.40. The minimum absolute atomic E-state index is 0.545. The molecule has 1 aliphatic carbocycles. The van der Waals surface area contributed by atoms with Gasteiger partial charge in [-0.2, -0.15) is 0 Å². The minimum Gasteiger partial charge on any atom is -0.496 e. The summed E-state index contributed by atoms with van der Waals surface area (Å²) < 4.78 is 10.9. The summed E-state index contributed by atoms with van der Waals surface area (Å²) in [5, 5.41) is 11.2. The molecule has 0 aliphatic heterocycles. The van der Waals surface area contributed by atoms with Gasteiger partial charge in [-0.05, 0) is 49.7 Å². The van der Waals surface area contributed by atoms with Gasteiger partial charge in [-0.15, -0.1) is 0 Å². The number of ether oxygens (including phenoxy) is 2. The van der Waals surface area contributed by atoms with Crippen molar-refractivity contribution in [3.8, 4) is 11.5 Å². The van der Waals surface area contributed by atoms with E-state index in [9.17, 15) is 5.11 Å². The van der Waals surface area contributed by atoms with Crippen LogP contribution in [-0.4, -0.2) is 19.3 Å². The van der Waals surface area contributed by atoms with Gasteiger partial charge in [0.25, 0.3) is 0 Å². The molecule has 1 aliphatic rings. The fraction of sp³-hybridized carbons (Fsp3) is 0.647. The molecule has 112 valence electrons. The largest absolute Gasteiger partial charge is 0.496 e. The molecule has 20 heavy (non-hydrogen) atoms. The third-order valence-electron chi connectivity index (χ3n) is 4.60. The second-order valence-corrected chi connectivity index (χ2v) is 6.17. The van der Waals surface area contributed by atoms with Gasteiger partial charge in [0, 0.05) is 0 Å². The van der Waals surface area contributed by atoms with Crippen molar-refractivity contribution in [3.63, 3.8) is 0 Å². The van der Waals surface area contributed by atoms with E-state index >= 15 is 0 Å². The van der Waals surface area contributed by atoms with E-state index in [2.05, 4.69) is 13.8 Å². The van der Waals surface area contributed by atoms with Gasteiger partial charge < -0.3 is 14.6 Å². The van der Waals surface area contributed by atoms with Gasteiger partial charge in [-0.1, -0.05) is 19.9 Å². The lowest BCUT2D eigenvalue weighted by Gasteiger charge is -2.40. The molecule has 2 rings (SSSR count). The molecular formula is C17H26O3. The lowest BCUT2D eigenvalue weighted by molar-refractivity contribution is -0.0327. The molecule has 3 nitrogen and oxygen atoms in total. The highest BCUT2D eigenvalue weighted by Crippen LogP contribution is 2.48. The molecule has 1 aromatic rings.